The van der Waals surface area contributed by atoms with Gasteiger partial charge in [0, 0.05) is 6.42 Å². The summed E-state index contributed by atoms with van der Waals surface area (Å²) in [6, 6.07) is 30.1. The normalized spacial score (nSPS) is 11.0. The zero-order valence-electron chi connectivity index (χ0n) is 23.6. The average Bonchev–Trinajstić information content (AvgIpc) is 2.99. The van der Waals surface area contributed by atoms with Crippen LogP contribution < -0.4 is 0 Å². The molecular formula is C33H34O10. The molecule has 0 aliphatic heterocycles. The Bertz CT molecular complexity index is 1360. The highest BCUT2D eigenvalue weighted by Crippen LogP contribution is 2.17. The van der Waals surface area contributed by atoms with Crippen LogP contribution in [-0.2, 0) is 0 Å². The third-order valence-electron chi connectivity index (χ3n) is 5.58. The number of aliphatic hydroxyl groups excluding tert-OH is 2. The molecule has 4 rings (SSSR count). The molecule has 0 saturated heterocycles. The predicted octanol–water partition coefficient (Wildman–Crippen LogP) is 5.65. The van der Waals surface area contributed by atoms with Gasteiger partial charge in [0.15, 0.2) is 0 Å². The fraction of sp³-hybridized carbons (Fsp3) is 0.152. The van der Waals surface area contributed by atoms with Gasteiger partial charge in [-0.05, 0) is 61.4 Å². The zero-order chi connectivity index (χ0) is 32.4. The van der Waals surface area contributed by atoms with E-state index in [9.17, 15) is 24.3 Å². The van der Waals surface area contributed by atoms with Crippen LogP contribution in [0.1, 0.15) is 72.0 Å². The number of carbonyl (C=O) groups is 4. The van der Waals surface area contributed by atoms with Gasteiger partial charge in [-0.25, -0.2) is 19.2 Å². The summed E-state index contributed by atoms with van der Waals surface area (Å²) in [7, 11) is 0. The standard InChI is InChI=1S/C10H14O2.C9H8O4.2C7H6O2/c1-8(11)7-10(12)9-5-3-2-4-6-9;1-5-6(8(10)11)3-2-4-7(5)9(12)13;2*8-7(9)6-4-2-1-3-5-6/h2-6,8,10-12H,7H2,1H3;2-4H,1H3,(H,10,11)(H,12,13);2*1-5H,(H,8,9). The van der Waals surface area contributed by atoms with Crippen molar-refractivity contribution >= 4 is 23.9 Å². The summed E-state index contributed by atoms with van der Waals surface area (Å²) in [5.74, 6) is -3.98. The Balaban J connectivity index is 0.000000290. The van der Waals surface area contributed by atoms with E-state index in [-0.39, 0.29) is 16.7 Å². The van der Waals surface area contributed by atoms with Crippen molar-refractivity contribution in [2.75, 3.05) is 0 Å². The highest BCUT2D eigenvalue weighted by molar-refractivity contribution is 5.96. The summed E-state index contributed by atoms with van der Waals surface area (Å²) >= 11 is 0. The van der Waals surface area contributed by atoms with E-state index in [0.29, 0.717) is 17.5 Å². The maximum absolute atomic E-state index is 10.6. The van der Waals surface area contributed by atoms with Crippen molar-refractivity contribution in [3.05, 3.63) is 143 Å². The fourth-order valence-electron chi connectivity index (χ4n) is 3.39. The lowest BCUT2D eigenvalue weighted by molar-refractivity contribution is 0.0679. The largest absolute Gasteiger partial charge is 0.478 e. The van der Waals surface area contributed by atoms with Crippen LogP contribution in [0.4, 0.5) is 0 Å². The van der Waals surface area contributed by atoms with Crippen molar-refractivity contribution in [3.63, 3.8) is 0 Å². The minimum Gasteiger partial charge on any atom is -0.478 e. The summed E-state index contributed by atoms with van der Waals surface area (Å²) in [5.41, 5.74) is 1.86. The van der Waals surface area contributed by atoms with Crippen molar-refractivity contribution in [1.29, 1.82) is 0 Å². The first-order valence-electron chi connectivity index (χ1n) is 12.9. The Morgan fingerprint density at radius 1 is 0.535 bits per heavy atom. The molecule has 0 fully saturated rings. The average molecular weight is 591 g/mol. The second-order valence-electron chi connectivity index (χ2n) is 8.94. The molecule has 6 N–H and O–H groups in total. The van der Waals surface area contributed by atoms with Crippen LogP contribution in [-0.4, -0.2) is 60.6 Å². The summed E-state index contributed by atoms with van der Waals surface area (Å²) in [6.45, 7) is 3.15. The van der Waals surface area contributed by atoms with Gasteiger partial charge >= 0.3 is 23.9 Å². The van der Waals surface area contributed by atoms with Gasteiger partial charge in [0.05, 0.1) is 34.5 Å². The number of rotatable bonds is 7. The van der Waals surface area contributed by atoms with Crippen molar-refractivity contribution < 1.29 is 49.8 Å². The Hall–Kier alpha value is -5.32. The van der Waals surface area contributed by atoms with Crippen molar-refractivity contribution in [2.24, 2.45) is 0 Å². The lowest BCUT2D eigenvalue weighted by atomic mass is 10.0. The number of aliphatic hydroxyl groups is 2. The third-order valence-corrected chi connectivity index (χ3v) is 5.58. The van der Waals surface area contributed by atoms with Crippen molar-refractivity contribution in [1.82, 2.24) is 0 Å². The highest BCUT2D eigenvalue weighted by Gasteiger charge is 2.13. The van der Waals surface area contributed by atoms with Crippen LogP contribution >= 0.6 is 0 Å². The number of hydrogen-bond donors (Lipinski definition) is 6. The molecule has 4 aromatic carbocycles. The molecule has 226 valence electrons. The molecule has 10 heteroatoms. The van der Waals surface area contributed by atoms with E-state index in [1.54, 1.807) is 67.6 Å². The van der Waals surface area contributed by atoms with E-state index in [2.05, 4.69) is 0 Å². The van der Waals surface area contributed by atoms with Gasteiger partial charge < -0.3 is 30.6 Å². The van der Waals surface area contributed by atoms with Gasteiger partial charge in [0.2, 0.25) is 0 Å². The molecule has 0 saturated carbocycles. The lowest BCUT2D eigenvalue weighted by Gasteiger charge is -2.11. The monoisotopic (exact) mass is 590 g/mol. The topological polar surface area (TPSA) is 190 Å². The molecule has 43 heavy (non-hydrogen) atoms. The maximum Gasteiger partial charge on any atom is 0.335 e. The molecular weight excluding hydrogens is 556 g/mol. The van der Waals surface area contributed by atoms with E-state index in [4.69, 9.17) is 25.5 Å². The Morgan fingerprint density at radius 3 is 1.16 bits per heavy atom. The lowest BCUT2D eigenvalue weighted by Crippen LogP contribution is -2.07. The molecule has 2 atom stereocenters. The summed E-state index contributed by atoms with van der Waals surface area (Å²) in [5, 5.41) is 52.7. The number of hydrogen-bond acceptors (Lipinski definition) is 6. The summed E-state index contributed by atoms with van der Waals surface area (Å²) in [4.78, 5) is 41.6. The Kier molecular flexibility index (Phi) is 15.7. The van der Waals surface area contributed by atoms with Crippen LogP contribution in [0.2, 0.25) is 0 Å². The van der Waals surface area contributed by atoms with Crippen LogP contribution in [0.3, 0.4) is 0 Å². The number of benzene rings is 4. The number of carboxylic acid groups (broad SMARTS) is 4. The molecule has 0 aliphatic rings. The first-order chi connectivity index (χ1) is 20.3. The third kappa shape index (κ3) is 13.7. The molecule has 10 nitrogen and oxygen atoms in total. The first-order valence-corrected chi connectivity index (χ1v) is 12.9. The van der Waals surface area contributed by atoms with E-state index in [1.807, 2.05) is 30.3 Å². The second-order valence-corrected chi connectivity index (χ2v) is 8.94. The van der Waals surface area contributed by atoms with Crippen LogP contribution in [0, 0.1) is 6.92 Å². The zero-order valence-corrected chi connectivity index (χ0v) is 23.6. The summed E-state index contributed by atoms with van der Waals surface area (Å²) in [6.07, 6.45) is -0.615. The Morgan fingerprint density at radius 2 is 0.884 bits per heavy atom. The molecule has 0 radical (unpaired) electrons. The van der Waals surface area contributed by atoms with Gasteiger partial charge in [-0.2, -0.15) is 0 Å². The minimum atomic E-state index is -1.11. The molecule has 0 aromatic heterocycles. The summed E-state index contributed by atoms with van der Waals surface area (Å²) < 4.78 is 0. The quantitative estimate of drug-likeness (QED) is 0.157. The van der Waals surface area contributed by atoms with E-state index in [1.165, 1.54) is 25.1 Å². The van der Waals surface area contributed by atoms with Gasteiger partial charge in [0.25, 0.3) is 0 Å². The molecule has 4 aromatic rings. The SMILES string of the molecule is CC(O)CC(O)c1ccccc1.Cc1c(C(=O)O)cccc1C(=O)O.O=C(O)c1ccccc1.O=C(O)c1ccccc1. The van der Waals surface area contributed by atoms with E-state index >= 15 is 0 Å². The second kappa shape index (κ2) is 18.9. The number of carboxylic acids is 4. The predicted molar refractivity (Wildman–Crippen MR) is 160 cm³/mol. The first kappa shape index (κ1) is 35.7. The molecule has 0 amide bonds. The van der Waals surface area contributed by atoms with Crippen LogP contribution in [0.5, 0.6) is 0 Å². The van der Waals surface area contributed by atoms with Crippen LogP contribution in [0.15, 0.2) is 109 Å². The van der Waals surface area contributed by atoms with Gasteiger partial charge in [-0.1, -0.05) is 72.8 Å². The van der Waals surface area contributed by atoms with Gasteiger partial charge in [0.1, 0.15) is 0 Å². The Labute approximate surface area is 248 Å². The highest BCUT2D eigenvalue weighted by atomic mass is 16.4. The van der Waals surface area contributed by atoms with Gasteiger partial charge in [-0.3, -0.25) is 0 Å². The van der Waals surface area contributed by atoms with Crippen molar-refractivity contribution in [3.8, 4) is 0 Å². The molecule has 0 aliphatic carbocycles. The smallest absolute Gasteiger partial charge is 0.335 e. The van der Waals surface area contributed by atoms with E-state index in [0.717, 1.165) is 5.56 Å². The number of aromatic carboxylic acids is 4. The fourth-order valence-corrected chi connectivity index (χ4v) is 3.39. The van der Waals surface area contributed by atoms with E-state index < -0.39 is 36.1 Å². The molecule has 2 unspecified atom stereocenters. The molecule has 0 bridgehead atoms. The van der Waals surface area contributed by atoms with Gasteiger partial charge in [-0.15, -0.1) is 0 Å². The maximum atomic E-state index is 10.6. The minimum absolute atomic E-state index is 0.0277. The molecule has 0 spiro atoms. The molecule has 0 heterocycles. The van der Waals surface area contributed by atoms with Crippen LogP contribution in [0.25, 0.3) is 0 Å². The van der Waals surface area contributed by atoms with Crippen molar-refractivity contribution in [2.45, 2.75) is 32.5 Å².